The van der Waals surface area contributed by atoms with Crippen molar-refractivity contribution in [1.82, 2.24) is 5.32 Å². The number of carboxylic acid groups (broad SMARTS) is 1. The molecule has 0 aliphatic heterocycles. The van der Waals surface area contributed by atoms with E-state index in [0.717, 1.165) is 0 Å². The molecule has 156 valence electrons. The van der Waals surface area contributed by atoms with Crippen molar-refractivity contribution in [3.05, 3.63) is 22.1 Å². The molecule has 1 aromatic rings. The Kier molecular flexibility index (Phi) is 9.08. The van der Waals surface area contributed by atoms with Crippen LogP contribution in [-0.2, 0) is 30.4 Å². The number of esters is 1. The molecule has 0 aromatic carbocycles. The van der Waals surface area contributed by atoms with E-state index in [0.29, 0.717) is 11.8 Å². The van der Waals surface area contributed by atoms with Gasteiger partial charge in [0.05, 0.1) is 5.92 Å². The molecule has 13 heteroatoms. The van der Waals surface area contributed by atoms with Gasteiger partial charge in [-0.1, -0.05) is 13.8 Å². The summed E-state index contributed by atoms with van der Waals surface area (Å²) >= 11 is 0.471. The number of ether oxygens (including phenoxy) is 3. The van der Waals surface area contributed by atoms with E-state index in [1.54, 1.807) is 13.8 Å². The molecule has 0 bridgehead atoms. The van der Waals surface area contributed by atoms with E-state index in [1.165, 1.54) is 6.92 Å². The van der Waals surface area contributed by atoms with Crippen molar-refractivity contribution in [1.29, 1.82) is 0 Å². The van der Waals surface area contributed by atoms with Gasteiger partial charge >= 0.3 is 29.2 Å². The normalized spacial score (nSPS) is 11.6. The van der Waals surface area contributed by atoms with Crippen molar-refractivity contribution in [2.45, 2.75) is 33.4 Å². The molecule has 0 unspecified atom stereocenters. The van der Waals surface area contributed by atoms with Crippen LogP contribution in [0.3, 0.4) is 0 Å². The molecule has 0 saturated heterocycles. The van der Waals surface area contributed by atoms with Gasteiger partial charge in [-0.05, 0) is 18.7 Å². The Morgan fingerprint density at radius 1 is 1.14 bits per heavy atom. The minimum atomic E-state index is -1.47. The largest absolute Gasteiger partial charge is 0.519 e. The summed E-state index contributed by atoms with van der Waals surface area (Å²) in [6.45, 7) is 3.55. The van der Waals surface area contributed by atoms with Crippen molar-refractivity contribution >= 4 is 35.1 Å². The van der Waals surface area contributed by atoms with Gasteiger partial charge < -0.3 is 33.5 Å². The Hall–Kier alpha value is -2.96. The van der Waals surface area contributed by atoms with Crippen molar-refractivity contribution in [3.63, 3.8) is 0 Å². The lowest BCUT2D eigenvalue weighted by Crippen LogP contribution is -2.43. The van der Waals surface area contributed by atoms with E-state index in [2.05, 4.69) is 18.3 Å². The molecule has 28 heavy (non-hydrogen) atoms. The summed E-state index contributed by atoms with van der Waals surface area (Å²) in [6.07, 6.45) is -1.14. The highest BCUT2D eigenvalue weighted by Gasteiger charge is 2.23. The summed E-state index contributed by atoms with van der Waals surface area (Å²) in [5.74, 6) is -3.58. The fourth-order valence-corrected chi connectivity index (χ4v) is 2.16. The van der Waals surface area contributed by atoms with Crippen molar-refractivity contribution in [2.24, 2.45) is 5.92 Å². The fraction of sp³-hybridized carbons (Fsp3) is 0.533. The van der Waals surface area contributed by atoms with Gasteiger partial charge in [0.2, 0.25) is 6.79 Å². The molecular formula is C15H19NO11S. The zero-order valence-corrected chi connectivity index (χ0v) is 16.0. The molecule has 0 aliphatic carbocycles. The van der Waals surface area contributed by atoms with Crippen LogP contribution in [0.4, 0.5) is 9.59 Å². The lowest BCUT2D eigenvalue weighted by molar-refractivity contribution is -0.155. The number of nitrogens with one attached hydrogen (secondary N) is 1. The molecule has 1 rings (SSSR count). The molecule has 1 aromatic heterocycles. The second-order valence-electron chi connectivity index (χ2n) is 5.49. The first-order valence-corrected chi connectivity index (χ1v) is 8.80. The predicted molar refractivity (Wildman–Crippen MR) is 91.5 cm³/mol. The van der Waals surface area contributed by atoms with E-state index in [1.807, 2.05) is 5.32 Å². The quantitative estimate of drug-likeness (QED) is 0.432. The zero-order chi connectivity index (χ0) is 21.3. The summed E-state index contributed by atoms with van der Waals surface area (Å²) < 4.78 is 23.2. The Balaban J connectivity index is 2.38. The van der Waals surface area contributed by atoms with Gasteiger partial charge in [-0.2, -0.15) is 0 Å². The Morgan fingerprint density at radius 2 is 1.82 bits per heavy atom. The number of aryl methyl sites for hydroxylation is 1. The molecule has 0 saturated carbocycles. The monoisotopic (exact) mass is 421 g/mol. The highest BCUT2D eigenvalue weighted by molar-refractivity contribution is 8.13. The summed E-state index contributed by atoms with van der Waals surface area (Å²) in [4.78, 5) is 56.4. The molecule has 2 N–H and O–H groups in total. The third-order valence-electron chi connectivity index (χ3n) is 2.98. The number of rotatable bonds is 9. The predicted octanol–water partition coefficient (Wildman–Crippen LogP) is 1.25. The maximum Gasteiger partial charge on any atom is 0.519 e. The highest BCUT2D eigenvalue weighted by Crippen LogP contribution is 2.12. The lowest BCUT2D eigenvalue weighted by atomic mass is 10.2. The van der Waals surface area contributed by atoms with Gasteiger partial charge in [0.1, 0.15) is 6.04 Å². The van der Waals surface area contributed by atoms with Gasteiger partial charge in [0.15, 0.2) is 18.1 Å². The average Bonchev–Trinajstić information content (AvgIpc) is 2.93. The SMILES string of the molecule is Cc1oc(=O)oc1COC(=O)SC[C@H](NC(=O)OCOC(=O)C(C)C)C(=O)O. The van der Waals surface area contributed by atoms with Crippen LogP contribution < -0.4 is 11.1 Å². The minimum Gasteiger partial charge on any atom is -0.480 e. The molecule has 1 atom stereocenters. The number of alkyl carbamates (subject to hydrolysis) is 1. The fourth-order valence-electron chi connectivity index (χ4n) is 1.49. The van der Waals surface area contributed by atoms with Crippen molar-refractivity contribution in [3.8, 4) is 0 Å². The molecule has 1 heterocycles. The van der Waals surface area contributed by atoms with Crippen LogP contribution >= 0.6 is 11.8 Å². The number of hydrogen-bond acceptors (Lipinski definition) is 11. The molecular weight excluding hydrogens is 402 g/mol. The Labute approximate surface area is 162 Å². The molecule has 0 fully saturated rings. The van der Waals surface area contributed by atoms with E-state index in [4.69, 9.17) is 9.84 Å². The van der Waals surface area contributed by atoms with Crippen molar-refractivity contribution in [2.75, 3.05) is 12.5 Å². The number of hydrogen-bond donors (Lipinski definition) is 2. The second kappa shape index (κ2) is 11.0. The van der Waals surface area contributed by atoms with Gasteiger partial charge in [0, 0.05) is 5.75 Å². The van der Waals surface area contributed by atoms with Gasteiger partial charge in [-0.3, -0.25) is 4.79 Å². The summed E-state index contributed by atoms with van der Waals surface area (Å²) in [5, 5.41) is 10.2. The maximum atomic E-state index is 11.7. The van der Waals surface area contributed by atoms with Crippen LogP contribution in [0.25, 0.3) is 0 Å². The van der Waals surface area contributed by atoms with Crippen LogP contribution in [0.15, 0.2) is 13.6 Å². The van der Waals surface area contributed by atoms with Gasteiger partial charge in [-0.25, -0.2) is 19.2 Å². The maximum absolute atomic E-state index is 11.7. The molecule has 0 radical (unpaired) electrons. The minimum absolute atomic E-state index is 0.0198. The first-order valence-electron chi connectivity index (χ1n) is 7.81. The Morgan fingerprint density at radius 3 is 2.36 bits per heavy atom. The molecule has 0 aliphatic rings. The number of amides is 1. The highest BCUT2D eigenvalue weighted by atomic mass is 32.2. The standard InChI is InChI=1S/C15H19NO11S/c1-7(2)12(19)24-6-25-13(20)16-9(11(17)18)5-28-15(22)23-4-10-8(3)26-14(21)27-10/h7,9H,4-6H2,1-3H3,(H,16,20)(H,17,18)/t9-/m0/s1. The van der Waals surface area contributed by atoms with Gasteiger partial charge in [0.25, 0.3) is 0 Å². The van der Waals surface area contributed by atoms with Crippen LogP contribution in [0.5, 0.6) is 0 Å². The van der Waals surface area contributed by atoms with Crippen LogP contribution in [0, 0.1) is 12.8 Å². The smallest absolute Gasteiger partial charge is 0.480 e. The summed E-state index contributed by atoms with van der Waals surface area (Å²) in [7, 11) is 0. The van der Waals surface area contributed by atoms with Crippen LogP contribution in [0.1, 0.15) is 25.4 Å². The Bertz CT molecular complexity index is 766. The number of carbonyl (C=O) groups excluding carboxylic acids is 3. The second-order valence-corrected chi connectivity index (χ2v) is 6.44. The first kappa shape index (κ1) is 23.1. The average molecular weight is 421 g/mol. The summed E-state index contributed by atoms with van der Waals surface area (Å²) in [5.41, 5.74) is 0. The van der Waals surface area contributed by atoms with Crippen LogP contribution in [-0.4, -0.2) is 47.0 Å². The molecule has 1 amide bonds. The number of carboxylic acids is 1. The summed E-state index contributed by atoms with van der Waals surface area (Å²) in [6, 6.07) is -1.47. The molecule has 12 nitrogen and oxygen atoms in total. The third-order valence-corrected chi connectivity index (χ3v) is 3.83. The van der Waals surface area contributed by atoms with E-state index >= 15 is 0 Å². The van der Waals surface area contributed by atoms with E-state index in [9.17, 15) is 24.0 Å². The van der Waals surface area contributed by atoms with Crippen molar-refractivity contribution < 1.29 is 47.3 Å². The zero-order valence-electron chi connectivity index (χ0n) is 15.2. The van der Waals surface area contributed by atoms with Gasteiger partial charge in [-0.15, -0.1) is 0 Å². The lowest BCUT2D eigenvalue weighted by Gasteiger charge is -2.14. The van der Waals surface area contributed by atoms with Crippen LogP contribution in [0.2, 0.25) is 0 Å². The first-order chi connectivity index (χ1) is 13.1. The van der Waals surface area contributed by atoms with E-state index in [-0.39, 0.29) is 23.9 Å². The number of aliphatic carboxylic acids is 1. The molecule has 0 spiro atoms. The topological polar surface area (TPSA) is 172 Å². The van der Waals surface area contributed by atoms with E-state index < -0.39 is 47.9 Å². The third kappa shape index (κ3) is 8.16. The number of thioether (sulfide) groups is 1. The number of carbonyl (C=O) groups is 4.